The Bertz CT molecular complexity index is 514. The second kappa shape index (κ2) is 6.41. The number of fused-ring (bicyclic) bond motifs is 1. The zero-order chi connectivity index (χ0) is 14.5. The van der Waals surface area contributed by atoms with Crippen molar-refractivity contribution in [1.82, 2.24) is 5.32 Å². The van der Waals surface area contributed by atoms with Gasteiger partial charge >= 0.3 is 0 Å². The highest BCUT2D eigenvalue weighted by Gasteiger charge is 2.20. The average molecular weight is 276 g/mol. The van der Waals surface area contributed by atoms with Gasteiger partial charge in [0.1, 0.15) is 5.75 Å². The molecule has 1 aliphatic rings. The number of benzene rings is 1. The number of rotatable bonds is 4. The summed E-state index contributed by atoms with van der Waals surface area (Å²) in [5.41, 5.74) is 1.61. The minimum Gasteiger partial charge on any atom is -0.491 e. The van der Waals surface area contributed by atoms with E-state index in [2.05, 4.69) is 5.32 Å². The van der Waals surface area contributed by atoms with E-state index in [9.17, 15) is 9.59 Å². The van der Waals surface area contributed by atoms with Crippen molar-refractivity contribution in [2.45, 2.75) is 26.2 Å². The first-order chi connectivity index (χ1) is 9.61. The lowest BCUT2D eigenvalue weighted by Gasteiger charge is -2.17. The molecule has 5 nitrogen and oxygen atoms in total. The molecule has 5 heteroatoms. The summed E-state index contributed by atoms with van der Waals surface area (Å²) in [7, 11) is 1.73. The number of amides is 2. The number of carbonyl (C=O) groups is 2. The molecule has 1 aromatic rings. The van der Waals surface area contributed by atoms with Gasteiger partial charge in [0.2, 0.25) is 11.8 Å². The Labute approximate surface area is 118 Å². The fourth-order valence-corrected chi connectivity index (χ4v) is 2.12. The predicted octanol–water partition coefficient (Wildman–Crippen LogP) is 1.50. The Morgan fingerprint density at radius 2 is 2.25 bits per heavy atom. The van der Waals surface area contributed by atoms with Gasteiger partial charge in [0.25, 0.3) is 0 Å². The summed E-state index contributed by atoms with van der Waals surface area (Å²) < 4.78 is 5.55. The van der Waals surface area contributed by atoms with Crippen LogP contribution in [0.3, 0.4) is 0 Å². The molecule has 0 bridgehead atoms. The normalized spacial score (nSPS) is 14.3. The quantitative estimate of drug-likeness (QED) is 0.906. The van der Waals surface area contributed by atoms with Crippen LogP contribution in [-0.2, 0) is 16.0 Å². The van der Waals surface area contributed by atoms with E-state index in [1.165, 1.54) is 0 Å². The second-order valence-corrected chi connectivity index (χ2v) is 4.88. The van der Waals surface area contributed by atoms with Gasteiger partial charge in [-0.15, -0.1) is 0 Å². The van der Waals surface area contributed by atoms with Crippen molar-refractivity contribution < 1.29 is 14.3 Å². The number of hydrogen-bond acceptors (Lipinski definition) is 3. The predicted molar refractivity (Wildman–Crippen MR) is 77.0 cm³/mol. The highest BCUT2D eigenvalue weighted by Crippen LogP contribution is 2.31. The lowest BCUT2D eigenvalue weighted by Crippen LogP contribution is -2.26. The Hall–Kier alpha value is -2.04. The molecule has 20 heavy (non-hydrogen) atoms. The van der Waals surface area contributed by atoms with Crippen LogP contribution in [-0.4, -0.2) is 32.0 Å². The summed E-state index contributed by atoms with van der Waals surface area (Å²) in [5, 5.41) is 2.84. The molecule has 2 amide bonds. The standard InChI is InChI=1S/C15H20N2O3/c1-3-7-16-14(18)10-11-4-5-13-12(9-11)17(2)15(19)6-8-20-13/h4-5,9H,3,6-8,10H2,1-2H3,(H,16,18). The molecule has 0 saturated heterocycles. The van der Waals surface area contributed by atoms with E-state index in [4.69, 9.17) is 4.74 Å². The van der Waals surface area contributed by atoms with E-state index in [1.807, 2.05) is 25.1 Å². The largest absolute Gasteiger partial charge is 0.491 e. The summed E-state index contributed by atoms with van der Waals surface area (Å²) in [6.45, 7) is 3.10. The summed E-state index contributed by atoms with van der Waals surface area (Å²) in [6.07, 6.45) is 1.60. The number of anilines is 1. The van der Waals surface area contributed by atoms with Crippen LogP contribution in [0.2, 0.25) is 0 Å². The summed E-state index contributed by atoms with van der Waals surface area (Å²) in [4.78, 5) is 25.1. The average Bonchev–Trinajstić information content (AvgIpc) is 2.57. The zero-order valence-corrected chi connectivity index (χ0v) is 11.9. The van der Waals surface area contributed by atoms with Crippen LogP contribution in [0.4, 0.5) is 5.69 Å². The molecule has 1 heterocycles. The van der Waals surface area contributed by atoms with Crippen molar-refractivity contribution in [2.75, 3.05) is 25.1 Å². The van der Waals surface area contributed by atoms with E-state index in [1.54, 1.807) is 11.9 Å². The molecule has 0 unspecified atom stereocenters. The Morgan fingerprint density at radius 3 is 3.00 bits per heavy atom. The fourth-order valence-electron chi connectivity index (χ4n) is 2.12. The third-order valence-electron chi connectivity index (χ3n) is 3.27. The van der Waals surface area contributed by atoms with Crippen molar-refractivity contribution >= 4 is 17.5 Å². The maximum Gasteiger partial charge on any atom is 0.230 e. The first-order valence-corrected chi connectivity index (χ1v) is 6.90. The SMILES string of the molecule is CCCNC(=O)Cc1ccc2c(c1)N(C)C(=O)CCO2. The summed E-state index contributed by atoms with van der Waals surface area (Å²) in [6, 6.07) is 5.55. The Kier molecular flexibility index (Phi) is 4.61. The third-order valence-corrected chi connectivity index (χ3v) is 3.27. The Morgan fingerprint density at radius 1 is 1.45 bits per heavy atom. The van der Waals surface area contributed by atoms with Gasteiger partial charge in [-0.1, -0.05) is 13.0 Å². The van der Waals surface area contributed by atoms with Gasteiger partial charge in [0, 0.05) is 13.6 Å². The molecular formula is C15H20N2O3. The lowest BCUT2D eigenvalue weighted by atomic mass is 10.1. The van der Waals surface area contributed by atoms with Crippen LogP contribution in [0.25, 0.3) is 0 Å². The highest BCUT2D eigenvalue weighted by atomic mass is 16.5. The molecule has 1 aromatic carbocycles. The van der Waals surface area contributed by atoms with E-state index in [0.29, 0.717) is 31.7 Å². The van der Waals surface area contributed by atoms with Crippen LogP contribution in [0.15, 0.2) is 18.2 Å². The van der Waals surface area contributed by atoms with E-state index < -0.39 is 0 Å². The minimum absolute atomic E-state index is 0.00433. The van der Waals surface area contributed by atoms with Gasteiger partial charge in [-0.3, -0.25) is 9.59 Å². The number of nitrogens with zero attached hydrogens (tertiary/aromatic N) is 1. The molecule has 0 fully saturated rings. The van der Waals surface area contributed by atoms with Gasteiger partial charge < -0.3 is 15.0 Å². The topological polar surface area (TPSA) is 58.6 Å². The summed E-state index contributed by atoms with van der Waals surface area (Å²) >= 11 is 0. The molecule has 0 spiro atoms. The molecule has 0 aromatic heterocycles. The lowest BCUT2D eigenvalue weighted by molar-refractivity contribution is -0.120. The fraction of sp³-hybridized carbons (Fsp3) is 0.467. The highest BCUT2D eigenvalue weighted by molar-refractivity contribution is 5.95. The molecule has 1 aliphatic heterocycles. The smallest absolute Gasteiger partial charge is 0.230 e. The van der Waals surface area contributed by atoms with Gasteiger partial charge in [-0.2, -0.15) is 0 Å². The molecular weight excluding hydrogens is 256 g/mol. The van der Waals surface area contributed by atoms with Crippen LogP contribution in [0.1, 0.15) is 25.3 Å². The maximum absolute atomic E-state index is 11.8. The molecule has 0 aliphatic carbocycles. The number of hydrogen-bond donors (Lipinski definition) is 1. The van der Waals surface area contributed by atoms with E-state index in [0.717, 1.165) is 17.7 Å². The molecule has 0 atom stereocenters. The minimum atomic E-state index is -0.00433. The van der Waals surface area contributed by atoms with Crippen molar-refractivity contribution in [3.8, 4) is 5.75 Å². The van der Waals surface area contributed by atoms with Crippen molar-refractivity contribution in [3.63, 3.8) is 0 Å². The molecule has 0 saturated carbocycles. The molecule has 1 N–H and O–H groups in total. The Balaban J connectivity index is 2.16. The second-order valence-electron chi connectivity index (χ2n) is 4.88. The van der Waals surface area contributed by atoms with Crippen LogP contribution >= 0.6 is 0 Å². The van der Waals surface area contributed by atoms with Gasteiger partial charge in [-0.05, 0) is 24.1 Å². The van der Waals surface area contributed by atoms with Crippen LogP contribution < -0.4 is 15.0 Å². The monoisotopic (exact) mass is 276 g/mol. The first kappa shape index (κ1) is 14.4. The van der Waals surface area contributed by atoms with Crippen molar-refractivity contribution in [2.24, 2.45) is 0 Å². The molecule has 0 radical (unpaired) electrons. The van der Waals surface area contributed by atoms with E-state index in [-0.39, 0.29) is 11.8 Å². The first-order valence-electron chi connectivity index (χ1n) is 6.90. The maximum atomic E-state index is 11.8. The summed E-state index contributed by atoms with van der Waals surface area (Å²) in [5.74, 6) is 0.711. The van der Waals surface area contributed by atoms with Gasteiger partial charge in [0.05, 0.1) is 25.1 Å². The number of ether oxygens (including phenoxy) is 1. The van der Waals surface area contributed by atoms with Crippen molar-refractivity contribution in [1.29, 1.82) is 0 Å². The number of carbonyl (C=O) groups excluding carboxylic acids is 2. The molecule has 108 valence electrons. The van der Waals surface area contributed by atoms with Gasteiger partial charge in [0.15, 0.2) is 0 Å². The molecule has 2 rings (SSSR count). The van der Waals surface area contributed by atoms with Gasteiger partial charge in [-0.25, -0.2) is 0 Å². The van der Waals surface area contributed by atoms with Crippen LogP contribution in [0, 0.1) is 0 Å². The van der Waals surface area contributed by atoms with Crippen LogP contribution in [0.5, 0.6) is 5.75 Å². The third kappa shape index (κ3) is 3.29. The van der Waals surface area contributed by atoms with E-state index >= 15 is 0 Å². The number of nitrogens with one attached hydrogen (secondary N) is 1. The van der Waals surface area contributed by atoms with Crippen molar-refractivity contribution in [3.05, 3.63) is 23.8 Å². The zero-order valence-electron chi connectivity index (χ0n) is 11.9.